The summed E-state index contributed by atoms with van der Waals surface area (Å²) in [7, 11) is 0. The Hall–Kier alpha value is -0.610. The molecule has 64 valence electrons. The molecule has 4 heteroatoms. The van der Waals surface area contributed by atoms with Crippen LogP contribution in [0.25, 0.3) is 0 Å². The summed E-state index contributed by atoms with van der Waals surface area (Å²) >= 11 is 0. The van der Waals surface area contributed by atoms with E-state index in [4.69, 9.17) is 5.73 Å². The summed E-state index contributed by atoms with van der Waals surface area (Å²) in [6.07, 6.45) is 0. The van der Waals surface area contributed by atoms with Crippen LogP contribution in [0.1, 0.15) is 6.92 Å². The number of hydrogen-bond donors (Lipinski definition) is 2. The van der Waals surface area contributed by atoms with Gasteiger partial charge in [-0.1, -0.05) is 0 Å². The third kappa shape index (κ3) is 1.91. The average molecular weight is 157 g/mol. The lowest BCUT2D eigenvalue weighted by Gasteiger charge is -2.32. The fourth-order valence-electron chi connectivity index (χ4n) is 1.21. The Morgan fingerprint density at radius 1 is 1.82 bits per heavy atom. The van der Waals surface area contributed by atoms with E-state index in [0.29, 0.717) is 13.1 Å². The summed E-state index contributed by atoms with van der Waals surface area (Å²) in [5.74, 6) is 0.161. The van der Waals surface area contributed by atoms with Crippen molar-refractivity contribution in [3.05, 3.63) is 0 Å². The van der Waals surface area contributed by atoms with Gasteiger partial charge in [-0.15, -0.1) is 0 Å². The van der Waals surface area contributed by atoms with Crippen molar-refractivity contribution in [2.45, 2.75) is 13.0 Å². The van der Waals surface area contributed by atoms with Gasteiger partial charge in [-0.05, 0) is 6.92 Å². The lowest BCUT2D eigenvalue weighted by atomic mass is 10.2. The number of piperazine rings is 1. The van der Waals surface area contributed by atoms with Gasteiger partial charge >= 0.3 is 0 Å². The van der Waals surface area contributed by atoms with Gasteiger partial charge in [-0.2, -0.15) is 0 Å². The van der Waals surface area contributed by atoms with E-state index in [0.717, 1.165) is 13.1 Å². The Kier molecular flexibility index (Phi) is 2.84. The fourth-order valence-corrected chi connectivity index (χ4v) is 1.21. The molecule has 1 unspecified atom stereocenters. The zero-order valence-electron chi connectivity index (χ0n) is 6.84. The Morgan fingerprint density at radius 2 is 2.55 bits per heavy atom. The van der Waals surface area contributed by atoms with E-state index >= 15 is 0 Å². The summed E-state index contributed by atoms with van der Waals surface area (Å²) in [6, 6.07) is 0.185. The molecular formula is C7H15N3O. The summed E-state index contributed by atoms with van der Waals surface area (Å²) in [5.41, 5.74) is 5.45. The van der Waals surface area contributed by atoms with Gasteiger partial charge in [0.25, 0.3) is 0 Å². The van der Waals surface area contributed by atoms with Crippen molar-refractivity contribution in [2.75, 3.05) is 26.2 Å². The van der Waals surface area contributed by atoms with E-state index in [9.17, 15) is 4.79 Å². The van der Waals surface area contributed by atoms with Crippen LogP contribution in [-0.2, 0) is 4.79 Å². The molecule has 1 amide bonds. The highest BCUT2D eigenvalue weighted by molar-refractivity contribution is 5.79. The zero-order valence-corrected chi connectivity index (χ0v) is 6.84. The molecule has 1 heterocycles. The van der Waals surface area contributed by atoms with Crippen molar-refractivity contribution in [1.29, 1.82) is 0 Å². The second-order valence-corrected chi connectivity index (χ2v) is 2.85. The summed E-state index contributed by atoms with van der Waals surface area (Å²) in [6.45, 7) is 4.66. The standard InChI is InChI=1S/C7H15N3O/c1-6(4-8)10-3-2-9-5-7(10)11/h6,9H,2-5,8H2,1H3. The largest absolute Gasteiger partial charge is 0.336 e. The van der Waals surface area contributed by atoms with Crippen LogP contribution in [0.2, 0.25) is 0 Å². The molecule has 4 nitrogen and oxygen atoms in total. The molecule has 0 bridgehead atoms. The molecule has 0 spiro atoms. The summed E-state index contributed by atoms with van der Waals surface area (Å²) in [5, 5.41) is 3.01. The lowest BCUT2D eigenvalue weighted by molar-refractivity contribution is -0.133. The monoisotopic (exact) mass is 157 g/mol. The number of carbonyl (C=O) groups is 1. The van der Waals surface area contributed by atoms with Gasteiger partial charge in [0.15, 0.2) is 0 Å². The molecule has 0 aromatic heterocycles. The van der Waals surface area contributed by atoms with E-state index in [2.05, 4.69) is 5.32 Å². The van der Waals surface area contributed by atoms with E-state index in [1.807, 2.05) is 11.8 Å². The van der Waals surface area contributed by atoms with Crippen molar-refractivity contribution < 1.29 is 4.79 Å². The van der Waals surface area contributed by atoms with Gasteiger partial charge in [-0.25, -0.2) is 0 Å². The molecule has 1 aliphatic heterocycles. The van der Waals surface area contributed by atoms with Gasteiger partial charge in [0.2, 0.25) is 5.91 Å². The first-order valence-corrected chi connectivity index (χ1v) is 3.96. The second-order valence-electron chi connectivity index (χ2n) is 2.85. The smallest absolute Gasteiger partial charge is 0.236 e. The molecule has 1 aliphatic rings. The zero-order chi connectivity index (χ0) is 8.27. The molecular weight excluding hydrogens is 142 g/mol. The third-order valence-corrected chi connectivity index (χ3v) is 2.00. The number of rotatable bonds is 2. The van der Waals surface area contributed by atoms with Crippen LogP contribution in [0, 0.1) is 0 Å². The van der Waals surface area contributed by atoms with E-state index in [1.165, 1.54) is 0 Å². The molecule has 0 aromatic rings. The highest BCUT2D eigenvalue weighted by atomic mass is 16.2. The SMILES string of the molecule is CC(CN)N1CCNCC1=O. The van der Waals surface area contributed by atoms with Crippen LogP contribution in [0.3, 0.4) is 0 Å². The lowest BCUT2D eigenvalue weighted by Crippen LogP contribution is -2.53. The Balaban J connectivity index is 2.47. The van der Waals surface area contributed by atoms with E-state index in [-0.39, 0.29) is 11.9 Å². The Bertz CT molecular complexity index is 149. The second kappa shape index (κ2) is 3.69. The van der Waals surface area contributed by atoms with Gasteiger partial charge in [0.1, 0.15) is 0 Å². The number of hydrogen-bond acceptors (Lipinski definition) is 3. The highest BCUT2D eigenvalue weighted by Crippen LogP contribution is 1.99. The van der Waals surface area contributed by atoms with Gasteiger partial charge < -0.3 is 16.0 Å². The normalized spacial score (nSPS) is 22.0. The predicted molar refractivity (Wildman–Crippen MR) is 43.1 cm³/mol. The number of nitrogens with one attached hydrogen (secondary N) is 1. The number of carbonyl (C=O) groups excluding carboxylic acids is 1. The first kappa shape index (κ1) is 8.49. The van der Waals surface area contributed by atoms with Gasteiger partial charge in [0.05, 0.1) is 6.54 Å². The van der Waals surface area contributed by atoms with Crippen molar-refractivity contribution >= 4 is 5.91 Å². The summed E-state index contributed by atoms with van der Waals surface area (Å²) in [4.78, 5) is 13.0. The maximum atomic E-state index is 11.2. The maximum Gasteiger partial charge on any atom is 0.236 e. The quantitative estimate of drug-likeness (QED) is 0.527. The molecule has 0 radical (unpaired) electrons. The predicted octanol–water partition coefficient (Wildman–Crippen LogP) is -1.23. The van der Waals surface area contributed by atoms with Gasteiger partial charge in [0, 0.05) is 25.7 Å². The molecule has 1 fully saturated rings. The van der Waals surface area contributed by atoms with Crippen LogP contribution in [0.5, 0.6) is 0 Å². The molecule has 0 aliphatic carbocycles. The average Bonchev–Trinajstić information content (AvgIpc) is 2.04. The van der Waals surface area contributed by atoms with E-state index in [1.54, 1.807) is 0 Å². The van der Waals surface area contributed by atoms with Crippen LogP contribution in [0.4, 0.5) is 0 Å². The molecule has 1 rings (SSSR count). The van der Waals surface area contributed by atoms with E-state index < -0.39 is 0 Å². The molecule has 11 heavy (non-hydrogen) atoms. The minimum Gasteiger partial charge on any atom is -0.336 e. The fraction of sp³-hybridized carbons (Fsp3) is 0.857. The number of amides is 1. The Labute approximate surface area is 66.7 Å². The van der Waals surface area contributed by atoms with Crippen LogP contribution in [-0.4, -0.2) is 43.0 Å². The Morgan fingerprint density at radius 3 is 3.09 bits per heavy atom. The minimum absolute atomic E-state index is 0.161. The van der Waals surface area contributed by atoms with Crippen molar-refractivity contribution in [1.82, 2.24) is 10.2 Å². The molecule has 1 saturated heterocycles. The first-order valence-electron chi connectivity index (χ1n) is 3.96. The maximum absolute atomic E-state index is 11.2. The molecule has 1 atom stereocenters. The molecule has 0 saturated carbocycles. The van der Waals surface area contributed by atoms with Crippen molar-refractivity contribution in [2.24, 2.45) is 5.73 Å². The van der Waals surface area contributed by atoms with Crippen LogP contribution >= 0.6 is 0 Å². The topological polar surface area (TPSA) is 58.4 Å². The summed E-state index contributed by atoms with van der Waals surface area (Å²) < 4.78 is 0. The van der Waals surface area contributed by atoms with Crippen LogP contribution < -0.4 is 11.1 Å². The first-order chi connectivity index (χ1) is 5.25. The van der Waals surface area contributed by atoms with Crippen LogP contribution in [0.15, 0.2) is 0 Å². The van der Waals surface area contributed by atoms with Crippen molar-refractivity contribution in [3.8, 4) is 0 Å². The number of nitrogens with two attached hydrogens (primary N) is 1. The molecule has 3 N–H and O–H groups in total. The third-order valence-electron chi connectivity index (χ3n) is 2.00. The highest BCUT2D eigenvalue weighted by Gasteiger charge is 2.21. The minimum atomic E-state index is 0.161. The van der Waals surface area contributed by atoms with Crippen molar-refractivity contribution in [3.63, 3.8) is 0 Å². The molecule has 0 aromatic carbocycles. The number of nitrogens with zero attached hydrogens (tertiary/aromatic N) is 1. The van der Waals surface area contributed by atoms with Gasteiger partial charge in [-0.3, -0.25) is 4.79 Å².